The van der Waals surface area contributed by atoms with E-state index < -0.39 is 0 Å². The summed E-state index contributed by atoms with van der Waals surface area (Å²) in [7, 11) is 0. The number of benzene rings is 1. The lowest BCUT2D eigenvalue weighted by molar-refractivity contribution is -0.122. The van der Waals surface area contributed by atoms with E-state index in [2.05, 4.69) is 36.5 Å². The zero-order valence-electron chi connectivity index (χ0n) is 12.4. The molecule has 2 rings (SSSR count). The zero-order chi connectivity index (χ0) is 14.4. The van der Waals surface area contributed by atoms with Crippen LogP contribution in [0.1, 0.15) is 43.2 Å². The minimum absolute atomic E-state index is 0.183. The average molecular weight is 274 g/mol. The van der Waals surface area contributed by atoms with Crippen molar-refractivity contribution in [3.63, 3.8) is 0 Å². The van der Waals surface area contributed by atoms with Crippen LogP contribution in [0.5, 0.6) is 0 Å². The Balaban J connectivity index is 1.68. The van der Waals surface area contributed by atoms with Gasteiger partial charge in [-0.25, -0.2) is 0 Å². The van der Waals surface area contributed by atoms with Crippen LogP contribution < -0.4 is 11.1 Å². The molecule has 1 aromatic carbocycles. The summed E-state index contributed by atoms with van der Waals surface area (Å²) in [5.74, 6) is 0.665. The predicted octanol–water partition coefficient (Wildman–Crippen LogP) is 2.56. The lowest BCUT2D eigenvalue weighted by Gasteiger charge is -2.19. The molecule has 1 aliphatic rings. The third-order valence-corrected chi connectivity index (χ3v) is 4.30. The fraction of sp³-hybridized carbons (Fsp3) is 0.588. The summed E-state index contributed by atoms with van der Waals surface area (Å²) >= 11 is 0. The maximum absolute atomic E-state index is 12.0. The number of carbonyl (C=O) groups is 1. The minimum atomic E-state index is 0.183. The zero-order valence-corrected chi connectivity index (χ0v) is 12.4. The minimum Gasteiger partial charge on any atom is -0.353 e. The number of aryl methyl sites for hydroxylation is 2. The Labute approximate surface area is 121 Å². The maximum Gasteiger partial charge on any atom is 0.220 e. The van der Waals surface area contributed by atoms with Crippen molar-refractivity contribution in [2.45, 2.75) is 51.5 Å². The van der Waals surface area contributed by atoms with Crippen molar-refractivity contribution < 1.29 is 4.79 Å². The standard InChI is InChI=1S/C17H26N2O/c1-13-8-10-14(11-9-13)4-2-7-17(20)19-16-6-3-5-15(16)12-18/h8-11,15-16H,2-7,12,18H2,1H3,(H,19,20). The van der Waals surface area contributed by atoms with Gasteiger partial charge in [-0.05, 0) is 50.6 Å². The predicted molar refractivity (Wildman–Crippen MR) is 82.4 cm³/mol. The van der Waals surface area contributed by atoms with Gasteiger partial charge < -0.3 is 11.1 Å². The molecule has 3 N–H and O–H groups in total. The van der Waals surface area contributed by atoms with Crippen molar-refractivity contribution >= 4 is 5.91 Å². The topological polar surface area (TPSA) is 55.1 Å². The van der Waals surface area contributed by atoms with Gasteiger partial charge in [0, 0.05) is 12.5 Å². The number of hydrogen-bond donors (Lipinski definition) is 2. The summed E-state index contributed by atoms with van der Waals surface area (Å²) in [6.07, 6.45) is 5.93. The number of amides is 1. The molecule has 1 aliphatic carbocycles. The first-order chi connectivity index (χ1) is 9.69. The third kappa shape index (κ3) is 4.34. The Hall–Kier alpha value is -1.35. The number of nitrogens with one attached hydrogen (secondary N) is 1. The van der Waals surface area contributed by atoms with Crippen LogP contribution in [0.2, 0.25) is 0 Å². The Bertz CT molecular complexity index is 427. The van der Waals surface area contributed by atoms with Crippen LogP contribution in [0.4, 0.5) is 0 Å². The third-order valence-electron chi connectivity index (χ3n) is 4.30. The highest BCUT2D eigenvalue weighted by Gasteiger charge is 2.26. The summed E-state index contributed by atoms with van der Waals surface area (Å²) in [5.41, 5.74) is 8.32. The first-order valence-corrected chi connectivity index (χ1v) is 7.74. The second kappa shape index (κ2) is 7.44. The van der Waals surface area contributed by atoms with E-state index in [4.69, 9.17) is 5.73 Å². The number of rotatable bonds is 6. The first kappa shape index (κ1) is 15.0. The molecule has 0 saturated heterocycles. The van der Waals surface area contributed by atoms with Crippen LogP contribution in [-0.4, -0.2) is 18.5 Å². The smallest absolute Gasteiger partial charge is 0.220 e. The molecule has 3 heteroatoms. The molecule has 20 heavy (non-hydrogen) atoms. The van der Waals surface area contributed by atoms with Crippen LogP contribution in [0.25, 0.3) is 0 Å². The molecule has 0 aromatic heterocycles. The highest BCUT2D eigenvalue weighted by Crippen LogP contribution is 2.24. The van der Waals surface area contributed by atoms with Gasteiger partial charge in [-0.1, -0.05) is 36.2 Å². The molecule has 0 spiro atoms. The van der Waals surface area contributed by atoms with Crippen molar-refractivity contribution in [2.75, 3.05) is 6.54 Å². The Morgan fingerprint density at radius 1 is 1.30 bits per heavy atom. The van der Waals surface area contributed by atoms with Gasteiger partial charge in [0.1, 0.15) is 0 Å². The van der Waals surface area contributed by atoms with Gasteiger partial charge >= 0.3 is 0 Å². The van der Waals surface area contributed by atoms with E-state index in [9.17, 15) is 4.79 Å². The second-order valence-electron chi connectivity index (χ2n) is 5.94. The molecule has 0 aliphatic heterocycles. The molecule has 0 radical (unpaired) electrons. The quantitative estimate of drug-likeness (QED) is 0.837. The van der Waals surface area contributed by atoms with E-state index in [1.807, 2.05) is 0 Å². The van der Waals surface area contributed by atoms with Crippen LogP contribution >= 0.6 is 0 Å². The molecule has 110 valence electrons. The summed E-state index contributed by atoms with van der Waals surface area (Å²) in [6, 6.07) is 8.86. The van der Waals surface area contributed by atoms with Gasteiger partial charge in [0.15, 0.2) is 0 Å². The van der Waals surface area contributed by atoms with Crippen molar-refractivity contribution in [3.05, 3.63) is 35.4 Å². The van der Waals surface area contributed by atoms with E-state index in [1.54, 1.807) is 0 Å². The normalized spacial score (nSPS) is 21.9. The molecule has 2 atom stereocenters. The lowest BCUT2D eigenvalue weighted by atomic mass is 10.0. The number of hydrogen-bond acceptors (Lipinski definition) is 2. The molecular formula is C17H26N2O. The summed E-state index contributed by atoms with van der Waals surface area (Å²) in [4.78, 5) is 12.0. The number of carbonyl (C=O) groups excluding carboxylic acids is 1. The van der Waals surface area contributed by atoms with Crippen LogP contribution in [0, 0.1) is 12.8 Å². The van der Waals surface area contributed by atoms with Crippen LogP contribution in [-0.2, 0) is 11.2 Å². The van der Waals surface area contributed by atoms with Gasteiger partial charge in [-0.15, -0.1) is 0 Å². The Kier molecular flexibility index (Phi) is 5.60. The van der Waals surface area contributed by atoms with E-state index in [0.29, 0.717) is 24.9 Å². The molecule has 3 nitrogen and oxygen atoms in total. The van der Waals surface area contributed by atoms with E-state index in [-0.39, 0.29) is 5.91 Å². The molecular weight excluding hydrogens is 248 g/mol. The van der Waals surface area contributed by atoms with Crippen LogP contribution in [0.3, 0.4) is 0 Å². The Morgan fingerprint density at radius 2 is 2.05 bits per heavy atom. The van der Waals surface area contributed by atoms with Gasteiger partial charge in [0.25, 0.3) is 0 Å². The average Bonchev–Trinajstić information content (AvgIpc) is 2.88. The van der Waals surface area contributed by atoms with Crippen LogP contribution in [0.15, 0.2) is 24.3 Å². The fourth-order valence-electron chi connectivity index (χ4n) is 3.00. The van der Waals surface area contributed by atoms with Gasteiger partial charge in [-0.3, -0.25) is 4.79 Å². The SMILES string of the molecule is Cc1ccc(CCCC(=O)NC2CCCC2CN)cc1. The first-order valence-electron chi connectivity index (χ1n) is 7.74. The highest BCUT2D eigenvalue weighted by molar-refractivity contribution is 5.76. The van der Waals surface area contributed by atoms with Gasteiger partial charge in [0.2, 0.25) is 5.91 Å². The highest BCUT2D eigenvalue weighted by atomic mass is 16.1. The second-order valence-corrected chi connectivity index (χ2v) is 5.94. The lowest BCUT2D eigenvalue weighted by Crippen LogP contribution is -2.39. The van der Waals surface area contributed by atoms with Crippen molar-refractivity contribution in [1.29, 1.82) is 0 Å². The summed E-state index contributed by atoms with van der Waals surface area (Å²) in [5, 5.41) is 3.16. The van der Waals surface area contributed by atoms with Crippen molar-refractivity contribution in [3.8, 4) is 0 Å². The molecule has 0 heterocycles. The molecule has 1 aromatic rings. The number of nitrogens with two attached hydrogens (primary N) is 1. The molecule has 1 saturated carbocycles. The molecule has 1 fully saturated rings. The largest absolute Gasteiger partial charge is 0.353 e. The van der Waals surface area contributed by atoms with E-state index >= 15 is 0 Å². The van der Waals surface area contributed by atoms with E-state index in [0.717, 1.165) is 25.7 Å². The van der Waals surface area contributed by atoms with E-state index in [1.165, 1.54) is 17.5 Å². The molecule has 2 unspecified atom stereocenters. The van der Waals surface area contributed by atoms with Gasteiger partial charge in [0.05, 0.1) is 0 Å². The Morgan fingerprint density at radius 3 is 2.75 bits per heavy atom. The van der Waals surface area contributed by atoms with Crippen molar-refractivity contribution in [1.82, 2.24) is 5.32 Å². The van der Waals surface area contributed by atoms with Crippen molar-refractivity contribution in [2.24, 2.45) is 11.7 Å². The molecule has 0 bridgehead atoms. The molecule has 1 amide bonds. The summed E-state index contributed by atoms with van der Waals surface area (Å²) < 4.78 is 0. The maximum atomic E-state index is 12.0. The van der Waals surface area contributed by atoms with Gasteiger partial charge in [-0.2, -0.15) is 0 Å². The summed E-state index contributed by atoms with van der Waals surface area (Å²) in [6.45, 7) is 2.78. The fourth-order valence-corrected chi connectivity index (χ4v) is 3.00. The monoisotopic (exact) mass is 274 g/mol.